The smallest absolute Gasteiger partial charge is 0.228 e. The van der Waals surface area contributed by atoms with Gasteiger partial charge in [-0.3, -0.25) is 9.59 Å². The van der Waals surface area contributed by atoms with Crippen LogP contribution in [0.1, 0.15) is 13.3 Å². The largest absolute Gasteiger partial charge is 0.337 e. The lowest BCUT2D eigenvalue weighted by Gasteiger charge is -2.35. The van der Waals surface area contributed by atoms with E-state index in [9.17, 15) is 9.59 Å². The number of anilines is 1. The number of benzene rings is 1. The van der Waals surface area contributed by atoms with Gasteiger partial charge in [0.15, 0.2) is 0 Å². The Kier molecular flexibility index (Phi) is 4.36. The fourth-order valence-electron chi connectivity index (χ4n) is 3.18. The third-order valence-corrected chi connectivity index (χ3v) is 4.72. The van der Waals surface area contributed by atoms with E-state index in [0.717, 1.165) is 13.1 Å². The van der Waals surface area contributed by atoms with E-state index in [4.69, 9.17) is 11.6 Å². The molecule has 22 heavy (non-hydrogen) atoms. The average Bonchev–Trinajstić information content (AvgIpc) is 2.89. The summed E-state index contributed by atoms with van der Waals surface area (Å²) >= 11 is 6.17. The van der Waals surface area contributed by atoms with Gasteiger partial charge in [0.05, 0.1) is 16.6 Å². The molecule has 2 atom stereocenters. The van der Waals surface area contributed by atoms with E-state index in [1.165, 1.54) is 0 Å². The minimum atomic E-state index is -0.274. The minimum Gasteiger partial charge on any atom is -0.337 e. The third kappa shape index (κ3) is 2.83. The Labute approximate surface area is 135 Å². The summed E-state index contributed by atoms with van der Waals surface area (Å²) in [6.45, 7) is 4.77. The normalized spacial score (nSPS) is 25.6. The minimum absolute atomic E-state index is 0.0331. The molecule has 0 aliphatic carbocycles. The van der Waals surface area contributed by atoms with Crippen molar-refractivity contribution in [3.63, 3.8) is 0 Å². The van der Waals surface area contributed by atoms with Crippen molar-refractivity contribution in [2.75, 3.05) is 31.1 Å². The molecule has 118 valence electrons. The van der Waals surface area contributed by atoms with Gasteiger partial charge in [-0.25, -0.2) is 0 Å². The lowest BCUT2D eigenvalue weighted by atomic mass is 10.1. The van der Waals surface area contributed by atoms with E-state index in [0.29, 0.717) is 23.8 Å². The zero-order valence-corrected chi connectivity index (χ0v) is 13.3. The Morgan fingerprint density at radius 3 is 2.86 bits per heavy atom. The number of rotatable bonds is 2. The predicted octanol–water partition coefficient (Wildman–Crippen LogP) is 1.51. The summed E-state index contributed by atoms with van der Waals surface area (Å²) in [4.78, 5) is 28.5. The molecule has 3 rings (SSSR count). The van der Waals surface area contributed by atoms with E-state index in [1.807, 2.05) is 30.0 Å². The topological polar surface area (TPSA) is 52.7 Å². The number of carbonyl (C=O) groups is 2. The van der Waals surface area contributed by atoms with Crippen LogP contribution >= 0.6 is 11.6 Å². The van der Waals surface area contributed by atoms with Gasteiger partial charge in [-0.1, -0.05) is 23.7 Å². The summed E-state index contributed by atoms with van der Waals surface area (Å²) in [6.07, 6.45) is 0.265. The molecule has 6 heteroatoms. The van der Waals surface area contributed by atoms with Crippen molar-refractivity contribution in [1.82, 2.24) is 10.2 Å². The van der Waals surface area contributed by atoms with Crippen LogP contribution in [0.5, 0.6) is 0 Å². The van der Waals surface area contributed by atoms with Crippen LogP contribution in [0.4, 0.5) is 5.69 Å². The lowest BCUT2D eigenvalue weighted by Crippen LogP contribution is -2.54. The number of hydrogen-bond acceptors (Lipinski definition) is 3. The van der Waals surface area contributed by atoms with Gasteiger partial charge in [-0.15, -0.1) is 0 Å². The number of nitrogens with one attached hydrogen (secondary N) is 1. The SMILES string of the molecule is CC1CNCCN1C(=O)C1CC(=O)N(c2ccccc2Cl)C1. The van der Waals surface area contributed by atoms with Crippen LogP contribution in [0.25, 0.3) is 0 Å². The number of amides is 2. The molecule has 0 bridgehead atoms. The summed E-state index contributed by atoms with van der Waals surface area (Å²) in [5, 5.41) is 3.81. The highest BCUT2D eigenvalue weighted by molar-refractivity contribution is 6.33. The molecule has 5 nitrogen and oxygen atoms in total. The highest BCUT2D eigenvalue weighted by atomic mass is 35.5. The maximum atomic E-state index is 12.7. The van der Waals surface area contributed by atoms with Crippen molar-refractivity contribution in [2.24, 2.45) is 5.92 Å². The zero-order chi connectivity index (χ0) is 15.7. The number of piperazine rings is 1. The molecule has 2 saturated heterocycles. The molecule has 2 aliphatic rings. The number of nitrogens with zero attached hydrogens (tertiary/aromatic N) is 2. The Balaban J connectivity index is 1.74. The first kappa shape index (κ1) is 15.3. The first-order valence-corrected chi connectivity index (χ1v) is 8.02. The monoisotopic (exact) mass is 321 g/mol. The van der Waals surface area contributed by atoms with Gasteiger partial charge in [-0.2, -0.15) is 0 Å². The van der Waals surface area contributed by atoms with Crippen LogP contribution in [0.2, 0.25) is 5.02 Å². The van der Waals surface area contributed by atoms with Gasteiger partial charge >= 0.3 is 0 Å². The van der Waals surface area contributed by atoms with Gasteiger partial charge in [0, 0.05) is 38.6 Å². The Morgan fingerprint density at radius 2 is 2.14 bits per heavy atom. The number of halogens is 1. The van der Waals surface area contributed by atoms with Crippen LogP contribution in [-0.4, -0.2) is 48.9 Å². The third-order valence-electron chi connectivity index (χ3n) is 4.40. The average molecular weight is 322 g/mol. The van der Waals surface area contributed by atoms with Gasteiger partial charge in [0.25, 0.3) is 0 Å². The molecule has 1 N–H and O–H groups in total. The standard InChI is InChI=1S/C16H20ClN3O2/c1-11-9-18-6-7-19(11)16(22)12-8-15(21)20(10-12)14-5-3-2-4-13(14)17/h2-5,11-12,18H,6-10H2,1H3. The Bertz CT molecular complexity index is 593. The highest BCUT2D eigenvalue weighted by Crippen LogP contribution is 2.31. The molecule has 2 unspecified atom stereocenters. The van der Waals surface area contributed by atoms with E-state index < -0.39 is 0 Å². The van der Waals surface area contributed by atoms with Crippen molar-refractivity contribution >= 4 is 29.1 Å². The van der Waals surface area contributed by atoms with Crippen LogP contribution in [0, 0.1) is 5.92 Å². The maximum Gasteiger partial charge on any atom is 0.228 e. The molecular formula is C16H20ClN3O2. The molecule has 0 spiro atoms. The molecule has 1 aromatic carbocycles. The molecule has 2 heterocycles. The van der Waals surface area contributed by atoms with E-state index in [-0.39, 0.29) is 30.2 Å². The van der Waals surface area contributed by atoms with E-state index in [2.05, 4.69) is 5.32 Å². The van der Waals surface area contributed by atoms with Gasteiger partial charge in [0.2, 0.25) is 11.8 Å². The second-order valence-electron chi connectivity index (χ2n) is 5.94. The van der Waals surface area contributed by atoms with Crippen molar-refractivity contribution < 1.29 is 9.59 Å². The number of carbonyl (C=O) groups excluding carboxylic acids is 2. The molecule has 2 fully saturated rings. The van der Waals surface area contributed by atoms with Crippen molar-refractivity contribution in [3.05, 3.63) is 29.3 Å². The molecule has 2 amide bonds. The fourth-order valence-corrected chi connectivity index (χ4v) is 3.42. The first-order valence-electron chi connectivity index (χ1n) is 7.64. The predicted molar refractivity (Wildman–Crippen MR) is 86.0 cm³/mol. The van der Waals surface area contributed by atoms with Crippen molar-refractivity contribution in [2.45, 2.75) is 19.4 Å². The van der Waals surface area contributed by atoms with Gasteiger partial charge < -0.3 is 15.1 Å². The van der Waals surface area contributed by atoms with Crippen molar-refractivity contribution in [3.8, 4) is 0 Å². The molecule has 0 aromatic heterocycles. The van der Waals surface area contributed by atoms with Crippen molar-refractivity contribution in [1.29, 1.82) is 0 Å². The summed E-state index contributed by atoms with van der Waals surface area (Å²) in [5.41, 5.74) is 0.692. The molecule has 1 aromatic rings. The number of para-hydroxylation sites is 1. The van der Waals surface area contributed by atoms with Gasteiger partial charge in [-0.05, 0) is 19.1 Å². The second-order valence-corrected chi connectivity index (χ2v) is 6.35. The fraction of sp³-hybridized carbons (Fsp3) is 0.500. The quantitative estimate of drug-likeness (QED) is 0.898. The summed E-state index contributed by atoms with van der Waals surface area (Å²) in [7, 11) is 0. The first-order chi connectivity index (χ1) is 10.6. The zero-order valence-electron chi connectivity index (χ0n) is 12.6. The second kappa shape index (κ2) is 6.26. The Hall–Kier alpha value is -1.59. The van der Waals surface area contributed by atoms with Crippen LogP contribution in [0.15, 0.2) is 24.3 Å². The van der Waals surface area contributed by atoms with Crippen LogP contribution in [-0.2, 0) is 9.59 Å². The summed E-state index contributed by atoms with van der Waals surface area (Å²) in [5.74, 6) is -0.226. The molecule has 0 saturated carbocycles. The Morgan fingerprint density at radius 1 is 1.36 bits per heavy atom. The maximum absolute atomic E-state index is 12.7. The van der Waals surface area contributed by atoms with E-state index in [1.54, 1.807) is 11.0 Å². The molecule has 2 aliphatic heterocycles. The highest BCUT2D eigenvalue weighted by Gasteiger charge is 2.39. The molecule has 0 radical (unpaired) electrons. The number of hydrogen-bond donors (Lipinski definition) is 1. The van der Waals surface area contributed by atoms with Gasteiger partial charge in [0.1, 0.15) is 0 Å². The summed E-state index contributed by atoms with van der Waals surface area (Å²) in [6, 6.07) is 7.43. The molecular weight excluding hydrogens is 302 g/mol. The van der Waals surface area contributed by atoms with E-state index >= 15 is 0 Å². The lowest BCUT2D eigenvalue weighted by molar-refractivity contribution is -0.138. The van der Waals surface area contributed by atoms with Crippen LogP contribution < -0.4 is 10.2 Å². The van der Waals surface area contributed by atoms with Crippen LogP contribution in [0.3, 0.4) is 0 Å². The summed E-state index contributed by atoms with van der Waals surface area (Å²) < 4.78 is 0.